The molecule has 30 heavy (non-hydrogen) atoms. The van der Waals surface area contributed by atoms with Gasteiger partial charge in [0.2, 0.25) is 5.91 Å². The van der Waals surface area contributed by atoms with Crippen LogP contribution in [0.1, 0.15) is 43.7 Å². The molecule has 3 N–H and O–H groups in total. The van der Waals surface area contributed by atoms with E-state index in [1.54, 1.807) is 18.9 Å². The summed E-state index contributed by atoms with van der Waals surface area (Å²) in [6.45, 7) is 3.04. The molecule has 2 aromatic rings. The quantitative estimate of drug-likeness (QED) is 0.544. The van der Waals surface area contributed by atoms with Crippen molar-refractivity contribution >= 4 is 35.1 Å². The van der Waals surface area contributed by atoms with E-state index >= 15 is 0 Å². The molecule has 0 aliphatic heterocycles. The first-order valence-corrected chi connectivity index (χ1v) is 12.2. The average Bonchev–Trinajstić information content (AvgIpc) is 2.75. The maximum atomic E-state index is 12.4. The first-order chi connectivity index (χ1) is 14.5. The van der Waals surface area contributed by atoms with Crippen LogP contribution in [0.5, 0.6) is 0 Å². The Hall–Kier alpha value is -1.69. The largest absolute Gasteiger partial charge is 0.340 e. The number of amides is 1. The third kappa shape index (κ3) is 5.51. The van der Waals surface area contributed by atoms with Gasteiger partial charge in [0, 0.05) is 48.4 Å². The summed E-state index contributed by atoms with van der Waals surface area (Å²) in [5, 5.41) is 0.756. The molecule has 1 aliphatic carbocycles. The zero-order valence-corrected chi connectivity index (χ0v) is 19.4. The zero-order chi connectivity index (χ0) is 21.6. The molecule has 0 saturated heterocycles. The van der Waals surface area contributed by atoms with Crippen molar-refractivity contribution in [2.45, 2.75) is 50.5 Å². The molecule has 4 nitrogen and oxygen atoms in total. The second kappa shape index (κ2) is 10.6. The molecule has 1 aliphatic rings. The summed E-state index contributed by atoms with van der Waals surface area (Å²) < 4.78 is 3.27. The number of hydrogen-bond acceptors (Lipinski definition) is 4. The Kier molecular flexibility index (Phi) is 8.09. The van der Waals surface area contributed by atoms with Gasteiger partial charge in [-0.25, -0.2) is 0 Å². The molecule has 0 aromatic heterocycles. The van der Waals surface area contributed by atoms with Gasteiger partial charge in [-0.05, 0) is 67.5 Å². The Labute approximate surface area is 189 Å². The molecule has 162 valence electrons. The van der Waals surface area contributed by atoms with Crippen molar-refractivity contribution in [2.24, 2.45) is 5.73 Å². The summed E-state index contributed by atoms with van der Waals surface area (Å²) in [5.74, 6) is 0.154. The third-order valence-electron chi connectivity index (χ3n) is 6.37. The molecule has 3 rings (SSSR count). The Balaban J connectivity index is 1.65. The summed E-state index contributed by atoms with van der Waals surface area (Å²) in [6, 6.07) is 16.8. The maximum absolute atomic E-state index is 12.4. The molecular formula is C24H32ClN3OS. The van der Waals surface area contributed by atoms with Crippen molar-refractivity contribution < 1.29 is 4.79 Å². The second-order valence-electron chi connectivity index (χ2n) is 8.19. The first-order valence-electron chi connectivity index (χ1n) is 10.6. The lowest BCUT2D eigenvalue weighted by atomic mass is 9.68. The van der Waals surface area contributed by atoms with Crippen LogP contribution in [0.2, 0.25) is 5.02 Å². The van der Waals surface area contributed by atoms with Crippen molar-refractivity contribution in [3.05, 3.63) is 64.7 Å². The lowest BCUT2D eigenvalue weighted by molar-refractivity contribution is -0.132. The fourth-order valence-corrected chi connectivity index (χ4v) is 5.20. The van der Waals surface area contributed by atoms with Crippen molar-refractivity contribution in [2.75, 3.05) is 24.1 Å². The van der Waals surface area contributed by atoms with Crippen molar-refractivity contribution in [1.82, 2.24) is 4.90 Å². The number of nitrogens with zero attached hydrogens (tertiary/aromatic N) is 1. The molecule has 1 amide bonds. The highest BCUT2D eigenvalue weighted by molar-refractivity contribution is 7.99. The normalized spacial score (nSPS) is 21.3. The van der Waals surface area contributed by atoms with E-state index in [0.29, 0.717) is 6.54 Å². The first kappa shape index (κ1) is 23.0. The highest BCUT2D eigenvalue weighted by Gasteiger charge is 2.38. The van der Waals surface area contributed by atoms with Crippen LogP contribution in [0.25, 0.3) is 0 Å². The van der Waals surface area contributed by atoms with Gasteiger partial charge in [-0.3, -0.25) is 4.79 Å². The molecule has 0 radical (unpaired) electrons. The molecule has 0 unspecified atom stereocenters. The number of rotatable bonds is 8. The van der Waals surface area contributed by atoms with Crippen LogP contribution >= 0.6 is 23.5 Å². The van der Waals surface area contributed by atoms with E-state index in [1.807, 2.05) is 24.5 Å². The van der Waals surface area contributed by atoms with E-state index in [4.69, 9.17) is 17.3 Å². The van der Waals surface area contributed by atoms with Crippen molar-refractivity contribution in [3.63, 3.8) is 0 Å². The van der Waals surface area contributed by atoms with Crippen molar-refractivity contribution in [3.8, 4) is 0 Å². The van der Waals surface area contributed by atoms with Crippen LogP contribution in [0.4, 0.5) is 5.69 Å². The van der Waals surface area contributed by atoms with Crippen LogP contribution < -0.4 is 10.5 Å². The predicted molar refractivity (Wildman–Crippen MR) is 129 cm³/mol. The number of nitrogens with two attached hydrogens (primary N) is 1. The highest BCUT2D eigenvalue weighted by Crippen LogP contribution is 2.40. The van der Waals surface area contributed by atoms with E-state index in [0.717, 1.165) is 49.4 Å². The van der Waals surface area contributed by atoms with Gasteiger partial charge in [-0.2, -0.15) is 0 Å². The Bertz CT molecular complexity index is 852. The number of nitrogens with one attached hydrogen (secondary N) is 1. The van der Waals surface area contributed by atoms with Gasteiger partial charge in [0.25, 0.3) is 0 Å². The SMILES string of the molecule is CSNc1cccc(CCN(C(C)=O)C2CCC(CN)(c3cccc(Cl)c3)CC2)c1. The van der Waals surface area contributed by atoms with E-state index in [-0.39, 0.29) is 17.4 Å². The van der Waals surface area contributed by atoms with E-state index in [1.165, 1.54) is 11.1 Å². The predicted octanol–water partition coefficient (Wildman–Crippen LogP) is 5.26. The van der Waals surface area contributed by atoms with Gasteiger partial charge in [-0.1, -0.05) is 47.8 Å². The number of benzene rings is 2. The smallest absolute Gasteiger partial charge is 0.219 e. The fourth-order valence-electron chi connectivity index (χ4n) is 4.65. The van der Waals surface area contributed by atoms with Crippen molar-refractivity contribution in [1.29, 1.82) is 0 Å². The number of hydrogen-bond donors (Lipinski definition) is 2. The number of carbonyl (C=O) groups excluding carboxylic acids is 1. The van der Waals surface area contributed by atoms with Gasteiger partial charge < -0.3 is 15.4 Å². The molecule has 1 saturated carbocycles. The fraction of sp³-hybridized carbons (Fsp3) is 0.458. The summed E-state index contributed by atoms with van der Waals surface area (Å²) in [7, 11) is 0. The van der Waals surface area contributed by atoms with Gasteiger partial charge in [0.05, 0.1) is 0 Å². The molecule has 0 bridgehead atoms. The monoisotopic (exact) mass is 445 g/mol. The molecule has 0 heterocycles. The van der Waals surface area contributed by atoms with Crippen LogP contribution in [0.15, 0.2) is 48.5 Å². The van der Waals surface area contributed by atoms with Crippen LogP contribution in [-0.4, -0.2) is 36.2 Å². The third-order valence-corrected chi connectivity index (χ3v) is 7.05. The lowest BCUT2D eigenvalue weighted by Gasteiger charge is -2.43. The molecular weight excluding hydrogens is 414 g/mol. The lowest BCUT2D eigenvalue weighted by Crippen LogP contribution is -2.47. The molecule has 2 aromatic carbocycles. The van der Waals surface area contributed by atoms with Crippen LogP contribution in [0, 0.1) is 0 Å². The molecule has 0 spiro atoms. The number of carbonyl (C=O) groups is 1. The molecule has 6 heteroatoms. The standard InChI is InChI=1S/C24H32ClN3OS/c1-18(29)28(14-11-19-5-3-8-22(15-19)27-30-2)23-9-12-24(17-26,13-10-23)20-6-4-7-21(25)16-20/h3-8,15-16,23,27H,9-14,17,26H2,1-2H3. The highest BCUT2D eigenvalue weighted by atomic mass is 35.5. The number of anilines is 1. The topological polar surface area (TPSA) is 58.4 Å². The average molecular weight is 446 g/mol. The van der Waals surface area contributed by atoms with Crippen LogP contribution in [0.3, 0.4) is 0 Å². The second-order valence-corrected chi connectivity index (χ2v) is 9.24. The van der Waals surface area contributed by atoms with E-state index < -0.39 is 0 Å². The Morgan fingerprint density at radius 1 is 1.23 bits per heavy atom. The Morgan fingerprint density at radius 2 is 1.97 bits per heavy atom. The zero-order valence-electron chi connectivity index (χ0n) is 17.9. The summed E-state index contributed by atoms with van der Waals surface area (Å²) in [5.41, 5.74) is 9.77. The molecule has 1 fully saturated rings. The minimum absolute atomic E-state index is 0.0400. The van der Waals surface area contributed by atoms with E-state index in [9.17, 15) is 4.79 Å². The minimum atomic E-state index is -0.0400. The van der Waals surface area contributed by atoms with Crippen LogP contribution in [-0.2, 0) is 16.6 Å². The number of halogens is 1. The Morgan fingerprint density at radius 3 is 2.60 bits per heavy atom. The molecule has 0 atom stereocenters. The van der Waals surface area contributed by atoms with E-state index in [2.05, 4.69) is 40.0 Å². The summed E-state index contributed by atoms with van der Waals surface area (Å²) >= 11 is 7.82. The maximum Gasteiger partial charge on any atom is 0.219 e. The van der Waals surface area contributed by atoms with Gasteiger partial charge in [0.1, 0.15) is 0 Å². The minimum Gasteiger partial charge on any atom is -0.340 e. The summed E-state index contributed by atoms with van der Waals surface area (Å²) in [6.07, 6.45) is 6.76. The summed E-state index contributed by atoms with van der Waals surface area (Å²) in [4.78, 5) is 14.5. The van der Waals surface area contributed by atoms with Gasteiger partial charge >= 0.3 is 0 Å². The van der Waals surface area contributed by atoms with Gasteiger partial charge in [0.15, 0.2) is 0 Å². The van der Waals surface area contributed by atoms with Gasteiger partial charge in [-0.15, -0.1) is 0 Å².